The van der Waals surface area contributed by atoms with Crippen LogP contribution in [-0.2, 0) is 25.9 Å². The van der Waals surface area contributed by atoms with Gasteiger partial charge in [0.05, 0.1) is 17.0 Å². The number of rotatable bonds is 4. The van der Waals surface area contributed by atoms with E-state index in [4.69, 9.17) is 0 Å². The van der Waals surface area contributed by atoms with Crippen molar-refractivity contribution in [1.29, 1.82) is 0 Å². The molecule has 5 nitrogen and oxygen atoms in total. The lowest BCUT2D eigenvalue weighted by molar-refractivity contribution is 0.238. The van der Waals surface area contributed by atoms with E-state index in [-0.39, 0.29) is 5.56 Å². The normalized spacial score (nSPS) is 14.8. The highest BCUT2D eigenvalue weighted by Crippen LogP contribution is 2.16. The quantitative estimate of drug-likeness (QED) is 0.937. The van der Waals surface area contributed by atoms with Crippen molar-refractivity contribution in [3.05, 3.63) is 57.0 Å². The molecular weight excluding hydrogens is 276 g/mol. The Morgan fingerprint density at radius 3 is 2.95 bits per heavy atom. The summed E-state index contributed by atoms with van der Waals surface area (Å²) in [7, 11) is 0. The molecule has 0 radical (unpaired) electrons. The fraction of sp³-hybridized carbons (Fsp3) is 0.471. The molecule has 0 amide bonds. The molecule has 22 heavy (non-hydrogen) atoms. The van der Waals surface area contributed by atoms with E-state index in [1.807, 2.05) is 25.1 Å². The topological polar surface area (TPSA) is 61.9 Å². The molecule has 5 heteroatoms. The highest BCUT2D eigenvalue weighted by molar-refractivity contribution is 5.21. The number of nitrogens with zero attached hydrogens (tertiary/aromatic N) is 3. The molecule has 0 aliphatic carbocycles. The van der Waals surface area contributed by atoms with E-state index < -0.39 is 0 Å². The van der Waals surface area contributed by atoms with E-state index in [0.29, 0.717) is 6.54 Å². The molecule has 0 spiro atoms. The number of aryl methyl sites for hydroxylation is 2. The van der Waals surface area contributed by atoms with Crippen LogP contribution in [0, 0.1) is 6.92 Å². The third-order valence-electron chi connectivity index (χ3n) is 4.02. The maximum atomic E-state index is 12.3. The Hall–Kier alpha value is -2.01. The fourth-order valence-corrected chi connectivity index (χ4v) is 2.94. The summed E-state index contributed by atoms with van der Waals surface area (Å²) < 4.78 is 0. The highest BCUT2D eigenvalue weighted by atomic mass is 16.1. The van der Waals surface area contributed by atoms with Crippen LogP contribution < -0.4 is 5.56 Å². The zero-order valence-electron chi connectivity index (χ0n) is 13.2. The van der Waals surface area contributed by atoms with Gasteiger partial charge in [0.1, 0.15) is 5.82 Å². The molecule has 1 aliphatic rings. The summed E-state index contributed by atoms with van der Waals surface area (Å²) in [6, 6.07) is 6.06. The largest absolute Gasteiger partial charge is 0.310 e. The van der Waals surface area contributed by atoms with Gasteiger partial charge in [-0.05, 0) is 25.5 Å². The molecule has 1 aliphatic heterocycles. The molecule has 0 atom stereocenters. The van der Waals surface area contributed by atoms with Crippen molar-refractivity contribution in [1.82, 2.24) is 19.9 Å². The summed E-state index contributed by atoms with van der Waals surface area (Å²) in [4.78, 5) is 26.6. The van der Waals surface area contributed by atoms with E-state index in [2.05, 4.69) is 26.8 Å². The number of aromatic amines is 1. The van der Waals surface area contributed by atoms with Crippen molar-refractivity contribution in [2.45, 2.75) is 46.2 Å². The minimum Gasteiger partial charge on any atom is -0.310 e. The van der Waals surface area contributed by atoms with Crippen LogP contribution in [0.15, 0.2) is 23.0 Å². The lowest BCUT2D eigenvalue weighted by atomic mass is 10.1. The highest BCUT2D eigenvalue weighted by Gasteiger charge is 2.21. The van der Waals surface area contributed by atoms with Crippen LogP contribution in [0.5, 0.6) is 0 Å². The van der Waals surface area contributed by atoms with Crippen molar-refractivity contribution in [2.24, 2.45) is 0 Å². The van der Waals surface area contributed by atoms with Crippen LogP contribution in [0.3, 0.4) is 0 Å². The van der Waals surface area contributed by atoms with Crippen molar-refractivity contribution < 1.29 is 0 Å². The monoisotopic (exact) mass is 298 g/mol. The Bertz CT molecular complexity index is 723. The van der Waals surface area contributed by atoms with Gasteiger partial charge in [-0.25, -0.2) is 4.98 Å². The van der Waals surface area contributed by atoms with Gasteiger partial charge in [0.2, 0.25) is 0 Å². The third-order valence-corrected chi connectivity index (χ3v) is 4.02. The van der Waals surface area contributed by atoms with Crippen molar-refractivity contribution in [3.63, 3.8) is 0 Å². The number of fused-ring (bicyclic) bond motifs is 1. The Labute approximate surface area is 130 Å². The Morgan fingerprint density at radius 1 is 1.32 bits per heavy atom. The predicted octanol–water partition coefficient (Wildman–Crippen LogP) is 1.98. The van der Waals surface area contributed by atoms with Gasteiger partial charge in [0, 0.05) is 38.2 Å². The number of aromatic nitrogens is 3. The first-order chi connectivity index (χ1) is 10.7. The minimum absolute atomic E-state index is 0.0235. The molecule has 0 fully saturated rings. The van der Waals surface area contributed by atoms with Gasteiger partial charge in [-0.3, -0.25) is 14.7 Å². The lowest BCUT2D eigenvalue weighted by Gasteiger charge is -2.27. The third kappa shape index (κ3) is 3.25. The van der Waals surface area contributed by atoms with Gasteiger partial charge < -0.3 is 4.98 Å². The van der Waals surface area contributed by atoms with Crippen LogP contribution in [0.2, 0.25) is 0 Å². The number of hydrogen-bond acceptors (Lipinski definition) is 4. The molecule has 2 aromatic heterocycles. The molecule has 0 saturated heterocycles. The maximum absolute atomic E-state index is 12.3. The molecule has 3 heterocycles. The van der Waals surface area contributed by atoms with Gasteiger partial charge in [-0.2, -0.15) is 0 Å². The average molecular weight is 298 g/mol. The van der Waals surface area contributed by atoms with E-state index in [9.17, 15) is 4.79 Å². The molecule has 2 aromatic rings. The van der Waals surface area contributed by atoms with E-state index in [1.165, 1.54) is 0 Å². The lowest BCUT2D eigenvalue weighted by Crippen LogP contribution is -2.36. The smallest absolute Gasteiger partial charge is 0.255 e. The number of H-pyrrole nitrogens is 1. The zero-order chi connectivity index (χ0) is 15.5. The standard InChI is InChI=1S/C17H22N4O/c1-3-5-16-19-15-8-9-21(11-14(15)17(22)20-16)10-13-7-4-6-12(2)18-13/h4,6-7H,3,5,8-11H2,1-2H3,(H,19,20,22). The Kier molecular flexibility index (Phi) is 4.34. The molecular formula is C17H22N4O. The summed E-state index contributed by atoms with van der Waals surface area (Å²) >= 11 is 0. The molecule has 0 unspecified atom stereocenters. The first-order valence-electron chi connectivity index (χ1n) is 7.91. The zero-order valence-corrected chi connectivity index (χ0v) is 13.2. The van der Waals surface area contributed by atoms with Gasteiger partial charge in [-0.1, -0.05) is 13.0 Å². The number of nitrogens with one attached hydrogen (secondary N) is 1. The summed E-state index contributed by atoms with van der Waals surface area (Å²) in [5.74, 6) is 0.819. The van der Waals surface area contributed by atoms with Crippen LogP contribution in [0.1, 0.15) is 41.8 Å². The first kappa shape index (κ1) is 14.9. The van der Waals surface area contributed by atoms with Crippen LogP contribution in [0.25, 0.3) is 0 Å². The second-order valence-electron chi connectivity index (χ2n) is 5.92. The number of pyridine rings is 1. The maximum Gasteiger partial charge on any atom is 0.255 e. The minimum atomic E-state index is 0.0235. The average Bonchev–Trinajstić information content (AvgIpc) is 2.48. The van der Waals surface area contributed by atoms with Crippen molar-refractivity contribution in [3.8, 4) is 0 Å². The molecule has 0 saturated carbocycles. The Balaban J connectivity index is 1.78. The van der Waals surface area contributed by atoms with Gasteiger partial charge in [0.15, 0.2) is 0 Å². The van der Waals surface area contributed by atoms with E-state index >= 15 is 0 Å². The molecule has 0 bridgehead atoms. The van der Waals surface area contributed by atoms with Crippen LogP contribution in [-0.4, -0.2) is 26.4 Å². The summed E-state index contributed by atoms with van der Waals surface area (Å²) in [5, 5.41) is 0. The van der Waals surface area contributed by atoms with Gasteiger partial charge in [0.25, 0.3) is 5.56 Å². The second-order valence-corrected chi connectivity index (χ2v) is 5.92. The predicted molar refractivity (Wildman–Crippen MR) is 85.6 cm³/mol. The molecule has 0 aromatic carbocycles. The van der Waals surface area contributed by atoms with E-state index in [1.54, 1.807) is 0 Å². The fourth-order valence-electron chi connectivity index (χ4n) is 2.94. The molecule has 3 rings (SSSR count). The first-order valence-corrected chi connectivity index (χ1v) is 7.91. The van der Waals surface area contributed by atoms with Crippen molar-refractivity contribution in [2.75, 3.05) is 6.54 Å². The SMILES string of the molecule is CCCc1nc2c(c(=O)[nH]1)CN(Cc1cccc(C)n1)CC2. The summed E-state index contributed by atoms with van der Waals surface area (Å²) in [5.41, 5.74) is 3.89. The van der Waals surface area contributed by atoms with Gasteiger partial charge in [-0.15, -0.1) is 0 Å². The summed E-state index contributed by atoms with van der Waals surface area (Å²) in [6.45, 7) is 6.44. The van der Waals surface area contributed by atoms with Crippen molar-refractivity contribution >= 4 is 0 Å². The Morgan fingerprint density at radius 2 is 2.18 bits per heavy atom. The molecule has 1 N–H and O–H groups in total. The summed E-state index contributed by atoms with van der Waals surface area (Å²) in [6.07, 6.45) is 2.66. The van der Waals surface area contributed by atoms with Crippen LogP contribution >= 0.6 is 0 Å². The molecule has 116 valence electrons. The number of hydrogen-bond donors (Lipinski definition) is 1. The van der Waals surface area contributed by atoms with Crippen LogP contribution in [0.4, 0.5) is 0 Å². The van der Waals surface area contributed by atoms with Gasteiger partial charge >= 0.3 is 0 Å². The van der Waals surface area contributed by atoms with E-state index in [0.717, 1.165) is 60.8 Å². The second kappa shape index (κ2) is 6.40.